The lowest BCUT2D eigenvalue weighted by Crippen LogP contribution is -2.43. The van der Waals surface area contributed by atoms with Gasteiger partial charge in [-0.15, -0.1) is 0 Å². The van der Waals surface area contributed by atoms with Crippen molar-refractivity contribution in [1.82, 2.24) is 15.2 Å². The van der Waals surface area contributed by atoms with E-state index in [9.17, 15) is 0 Å². The minimum absolute atomic E-state index is 0.628. The van der Waals surface area contributed by atoms with Crippen molar-refractivity contribution in [3.63, 3.8) is 0 Å². The number of ether oxygens (including phenoxy) is 2. The van der Waals surface area contributed by atoms with E-state index < -0.39 is 0 Å². The summed E-state index contributed by atoms with van der Waals surface area (Å²) in [5.41, 5.74) is 3.55. The summed E-state index contributed by atoms with van der Waals surface area (Å²) in [6.45, 7) is 2.30. The SMILES string of the molecule is CN=C(NCc1nccc2ccccc12)N1CCc2cc(OC)c(OC)cc2C1. The Morgan fingerprint density at radius 2 is 1.86 bits per heavy atom. The number of hydrogen-bond donors (Lipinski definition) is 1. The van der Waals surface area contributed by atoms with Crippen LogP contribution < -0.4 is 14.8 Å². The molecule has 0 unspecified atom stereocenters. The van der Waals surface area contributed by atoms with Gasteiger partial charge in [-0.25, -0.2) is 0 Å². The first-order valence-corrected chi connectivity index (χ1v) is 9.75. The third-order valence-electron chi connectivity index (χ3n) is 5.40. The van der Waals surface area contributed by atoms with Crippen molar-refractivity contribution >= 4 is 16.7 Å². The van der Waals surface area contributed by atoms with E-state index in [4.69, 9.17) is 9.47 Å². The smallest absolute Gasteiger partial charge is 0.194 e. The number of pyridine rings is 1. The summed E-state index contributed by atoms with van der Waals surface area (Å²) in [6, 6.07) is 14.5. The van der Waals surface area contributed by atoms with Crippen molar-refractivity contribution in [2.45, 2.75) is 19.5 Å². The van der Waals surface area contributed by atoms with E-state index in [1.165, 1.54) is 21.9 Å². The highest BCUT2D eigenvalue weighted by atomic mass is 16.5. The summed E-state index contributed by atoms with van der Waals surface area (Å²) in [5.74, 6) is 2.42. The first kappa shape index (κ1) is 19.1. The van der Waals surface area contributed by atoms with Crippen LogP contribution in [0.3, 0.4) is 0 Å². The second-order valence-electron chi connectivity index (χ2n) is 7.03. The summed E-state index contributed by atoms with van der Waals surface area (Å²) in [7, 11) is 5.16. The van der Waals surface area contributed by atoms with Gasteiger partial charge in [-0.05, 0) is 41.1 Å². The van der Waals surface area contributed by atoms with Crippen LogP contribution in [0.1, 0.15) is 16.8 Å². The van der Waals surface area contributed by atoms with Gasteiger partial charge in [-0.1, -0.05) is 24.3 Å². The highest BCUT2D eigenvalue weighted by molar-refractivity contribution is 5.85. The maximum absolute atomic E-state index is 5.47. The molecule has 4 rings (SSSR count). The molecule has 1 aromatic heterocycles. The summed E-state index contributed by atoms with van der Waals surface area (Å²) in [4.78, 5) is 11.3. The molecule has 0 spiro atoms. The monoisotopic (exact) mass is 390 g/mol. The van der Waals surface area contributed by atoms with E-state index in [0.717, 1.165) is 42.7 Å². The number of benzene rings is 2. The summed E-state index contributed by atoms with van der Waals surface area (Å²) < 4.78 is 10.9. The number of rotatable bonds is 4. The Bertz CT molecular complexity index is 1040. The van der Waals surface area contributed by atoms with Gasteiger partial charge in [0.15, 0.2) is 17.5 Å². The number of hydrogen-bond acceptors (Lipinski definition) is 4. The lowest BCUT2D eigenvalue weighted by molar-refractivity contribution is 0.346. The van der Waals surface area contributed by atoms with Gasteiger partial charge in [0.1, 0.15) is 0 Å². The number of guanidine groups is 1. The third-order valence-corrected chi connectivity index (χ3v) is 5.40. The van der Waals surface area contributed by atoms with E-state index in [2.05, 4.69) is 44.5 Å². The first-order valence-electron chi connectivity index (χ1n) is 9.75. The predicted octanol–water partition coefficient (Wildman–Crippen LogP) is 3.39. The van der Waals surface area contributed by atoms with Crippen LogP contribution in [-0.2, 0) is 19.5 Å². The molecule has 1 N–H and O–H groups in total. The number of nitrogens with one attached hydrogen (secondary N) is 1. The van der Waals surface area contributed by atoms with Crippen molar-refractivity contribution in [1.29, 1.82) is 0 Å². The Morgan fingerprint density at radius 1 is 1.10 bits per heavy atom. The predicted molar refractivity (Wildman–Crippen MR) is 116 cm³/mol. The minimum atomic E-state index is 0.628. The summed E-state index contributed by atoms with van der Waals surface area (Å²) >= 11 is 0. The molecule has 29 heavy (non-hydrogen) atoms. The topological polar surface area (TPSA) is 59.0 Å². The van der Waals surface area contributed by atoms with Crippen molar-refractivity contribution in [3.05, 3.63) is 65.5 Å². The van der Waals surface area contributed by atoms with Crippen LogP contribution >= 0.6 is 0 Å². The zero-order valence-corrected chi connectivity index (χ0v) is 17.1. The Hall–Kier alpha value is -3.28. The van der Waals surface area contributed by atoms with Gasteiger partial charge in [-0.2, -0.15) is 0 Å². The molecule has 0 amide bonds. The molecular formula is C23H26N4O2. The van der Waals surface area contributed by atoms with Crippen LogP contribution in [0.4, 0.5) is 0 Å². The van der Waals surface area contributed by atoms with Crippen molar-refractivity contribution in [3.8, 4) is 11.5 Å². The molecule has 0 saturated carbocycles. The van der Waals surface area contributed by atoms with Crippen LogP contribution in [0.5, 0.6) is 11.5 Å². The number of aromatic nitrogens is 1. The van der Waals surface area contributed by atoms with E-state index in [0.29, 0.717) is 6.54 Å². The number of fused-ring (bicyclic) bond motifs is 2. The first-order chi connectivity index (χ1) is 14.2. The second-order valence-corrected chi connectivity index (χ2v) is 7.03. The quantitative estimate of drug-likeness (QED) is 0.547. The minimum Gasteiger partial charge on any atom is -0.493 e. The number of nitrogens with zero attached hydrogens (tertiary/aromatic N) is 3. The standard InChI is InChI=1S/C23H26N4O2/c1-24-23(26-14-20-19-7-5-4-6-16(19)8-10-25-20)27-11-9-17-12-21(28-2)22(29-3)13-18(17)15-27/h4-8,10,12-13H,9,11,14-15H2,1-3H3,(H,24,26). The lowest BCUT2D eigenvalue weighted by Gasteiger charge is -2.32. The molecule has 1 aliphatic heterocycles. The highest BCUT2D eigenvalue weighted by Gasteiger charge is 2.21. The Morgan fingerprint density at radius 3 is 2.62 bits per heavy atom. The lowest BCUT2D eigenvalue weighted by atomic mass is 9.99. The molecule has 6 heteroatoms. The maximum atomic E-state index is 5.47. The highest BCUT2D eigenvalue weighted by Crippen LogP contribution is 2.33. The van der Waals surface area contributed by atoms with Crippen LogP contribution in [0.15, 0.2) is 53.7 Å². The van der Waals surface area contributed by atoms with Gasteiger partial charge in [0.05, 0.1) is 26.5 Å². The van der Waals surface area contributed by atoms with Gasteiger partial charge in [0, 0.05) is 31.7 Å². The summed E-state index contributed by atoms with van der Waals surface area (Å²) in [5, 5.41) is 5.85. The van der Waals surface area contributed by atoms with E-state index >= 15 is 0 Å². The largest absolute Gasteiger partial charge is 0.493 e. The molecular weight excluding hydrogens is 364 g/mol. The molecule has 0 fully saturated rings. The van der Waals surface area contributed by atoms with E-state index in [1.807, 2.05) is 31.4 Å². The van der Waals surface area contributed by atoms with Crippen LogP contribution in [-0.4, -0.2) is 43.7 Å². The van der Waals surface area contributed by atoms with Crippen molar-refractivity contribution in [2.75, 3.05) is 27.8 Å². The fourth-order valence-corrected chi connectivity index (χ4v) is 3.88. The Kier molecular flexibility index (Phi) is 5.51. The molecule has 0 atom stereocenters. The van der Waals surface area contributed by atoms with Gasteiger partial charge >= 0.3 is 0 Å². The van der Waals surface area contributed by atoms with Gasteiger partial charge in [-0.3, -0.25) is 9.98 Å². The fourth-order valence-electron chi connectivity index (χ4n) is 3.88. The Balaban J connectivity index is 1.51. The zero-order valence-electron chi connectivity index (χ0n) is 17.1. The van der Waals surface area contributed by atoms with Crippen LogP contribution in [0, 0.1) is 0 Å². The molecule has 0 aliphatic carbocycles. The van der Waals surface area contributed by atoms with Gasteiger partial charge in [0.2, 0.25) is 0 Å². The van der Waals surface area contributed by atoms with Crippen LogP contribution in [0.25, 0.3) is 10.8 Å². The van der Waals surface area contributed by atoms with Crippen LogP contribution in [0.2, 0.25) is 0 Å². The summed E-state index contributed by atoms with van der Waals surface area (Å²) in [6.07, 6.45) is 2.79. The Labute approximate surface area is 171 Å². The van der Waals surface area contributed by atoms with Gasteiger partial charge in [0.25, 0.3) is 0 Å². The molecule has 6 nitrogen and oxygen atoms in total. The molecule has 0 saturated heterocycles. The van der Waals surface area contributed by atoms with E-state index in [-0.39, 0.29) is 0 Å². The van der Waals surface area contributed by atoms with E-state index in [1.54, 1.807) is 14.2 Å². The van der Waals surface area contributed by atoms with Gasteiger partial charge < -0.3 is 19.7 Å². The molecule has 0 bridgehead atoms. The normalized spacial score (nSPS) is 13.9. The molecule has 2 aromatic carbocycles. The molecule has 0 radical (unpaired) electrons. The molecule has 3 aromatic rings. The molecule has 1 aliphatic rings. The van der Waals surface area contributed by atoms with Crippen molar-refractivity contribution in [2.24, 2.45) is 4.99 Å². The maximum Gasteiger partial charge on any atom is 0.194 e. The molecule has 2 heterocycles. The number of methoxy groups -OCH3 is 2. The average molecular weight is 390 g/mol. The third kappa shape index (κ3) is 3.83. The molecule has 150 valence electrons. The second kappa shape index (κ2) is 8.39. The zero-order chi connectivity index (χ0) is 20.2. The van der Waals surface area contributed by atoms with Crippen molar-refractivity contribution < 1.29 is 9.47 Å². The average Bonchev–Trinajstić information content (AvgIpc) is 2.78. The number of aliphatic imine (C=N–C) groups is 1. The fraction of sp³-hybridized carbons (Fsp3) is 0.304.